The molecule has 0 heterocycles. The molecule has 0 aromatic heterocycles. The number of methoxy groups -OCH3 is 1. The fourth-order valence-corrected chi connectivity index (χ4v) is 1.13. The summed E-state index contributed by atoms with van der Waals surface area (Å²) in [6, 6.07) is 6.10. The monoisotopic (exact) mass is 225 g/mol. The van der Waals surface area contributed by atoms with Crippen LogP contribution in [0, 0.1) is 10.1 Å². The van der Waals surface area contributed by atoms with Gasteiger partial charge in [-0.2, -0.15) is 0 Å². The summed E-state index contributed by atoms with van der Waals surface area (Å²) in [5, 5.41) is 10.6. The van der Waals surface area contributed by atoms with Crippen molar-refractivity contribution < 1.29 is 19.2 Å². The van der Waals surface area contributed by atoms with Crippen molar-refractivity contribution in [3.63, 3.8) is 0 Å². The second-order valence-electron chi connectivity index (χ2n) is 2.98. The predicted molar refractivity (Wildman–Crippen MR) is 54.8 cm³/mol. The van der Waals surface area contributed by atoms with Crippen molar-refractivity contribution in [2.75, 3.05) is 13.7 Å². The van der Waals surface area contributed by atoms with Gasteiger partial charge in [0.15, 0.2) is 0 Å². The second kappa shape index (κ2) is 5.82. The fourth-order valence-electron chi connectivity index (χ4n) is 1.13. The Morgan fingerprint density at radius 2 is 2.12 bits per heavy atom. The van der Waals surface area contributed by atoms with Crippen LogP contribution in [-0.2, 0) is 20.9 Å². The lowest BCUT2D eigenvalue weighted by Crippen LogP contribution is -2.11. The van der Waals surface area contributed by atoms with Gasteiger partial charge in [0.1, 0.15) is 13.2 Å². The van der Waals surface area contributed by atoms with Crippen LogP contribution in [0.3, 0.4) is 0 Å². The SMILES string of the molecule is COCC(=O)OCc1ccccc1[N+](=O)[O-]. The number of hydrogen-bond donors (Lipinski definition) is 0. The Hall–Kier alpha value is -1.95. The normalized spacial score (nSPS) is 9.81. The van der Waals surface area contributed by atoms with Crippen molar-refractivity contribution in [3.8, 4) is 0 Å². The number of carbonyl (C=O) groups is 1. The summed E-state index contributed by atoms with van der Waals surface area (Å²) in [4.78, 5) is 21.1. The number of esters is 1. The summed E-state index contributed by atoms with van der Waals surface area (Å²) in [6.45, 7) is -0.292. The van der Waals surface area contributed by atoms with Gasteiger partial charge in [-0.1, -0.05) is 12.1 Å². The van der Waals surface area contributed by atoms with E-state index in [0.29, 0.717) is 5.56 Å². The van der Waals surface area contributed by atoms with E-state index in [-0.39, 0.29) is 18.9 Å². The molecule has 16 heavy (non-hydrogen) atoms. The highest BCUT2D eigenvalue weighted by molar-refractivity contribution is 5.70. The molecule has 0 aliphatic rings. The molecule has 0 aliphatic heterocycles. The number of ether oxygens (including phenoxy) is 2. The minimum absolute atomic E-state index is 0.0623. The Bertz CT molecular complexity index is 391. The first-order valence-electron chi connectivity index (χ1n) is 4.52. The van der Waals surface area contributed by atoms with Crippen LogP contribution in [0.1, 0.15) is 5.56 Å². The van der Waals surface area contributed by atoms with Gasteiger partial charge in [0.05, 0.1) is 10.5 Å². The van der Waals surface area contributed by atoms with Crippen molar-refractivity contribution in [3.05, 3.63) is 39.9 Å². The number of benzene rings is 1. The molecule has 0 aliphatic carbocycles. The molecule has 86 valence electrons. The van der Waals surface area contributed by atoms with Gasteiger partial charge < -0.3 is 9.47 Å². The van der Waals surface area contributed by atoms with E-state index in [4.69, 9.17) is 4.74 Å². The quantitative estimate of drug-likeness (QED) is 0.428. The zero-order valence-electron chi connectivity index (χ0n) is 8.71. The molecule has 0 N–H and O–H groups in total. The zero-order valence-corrected chi connectivity index (χ0v) is 8.71. The first-order chi connectivity index (χ1) is 7.65. The molecule has 0 amide bonds. The second-order valence-corrected chi connectivity index (χ2v) is 2.98. The molecule has 6 nitrogen and oxygen atoms in total. The molecule has 1 rings (SSSR count). The Morgan fingerprint density at radius 3 is 2.75 bits per heavy atom. The van der Waals surface area contributed by atoms with Crippen LogP contribution in [0.2, 0.25) is 0 Å². The highest BCUT2D eigenvalue weighted by Crippen LogP contribution is 2.18. The van der Waals surface area contributed by atoms with Crippen molar-refractivity contribution in [1.82, 2.24) is 0 Å². The molecule has 0 unspecified atom stereocenters. The minimum Gasteiger partial charge on any atom is -0.459 e. The van der Waals surface area contributed by atoms with Crippen molar-refractivity contribution in [1.29, 1.82) is 0 Å². The number of hydrogen-bond acceptors (Lipinski definition) is 5. The van der Waals surface area contributed by atoms with Gasteiger partial charge in [-0.25, -0.2) is 4.79 Å². The third kappa shape index (κ3) is 3.32. The number of rotatable bonds is 5. The first kappa shape index (κ1) is 12.1. The van der Waals surface area contributed by atoms with Crippen LogP contribution in [0.15, 0.2) is 24.3 Å². The van der Waals surface area contributed by atoms with E-state index in [9.17, 15) is 14.9 Å². The zero-order chi connectivity index (χ0) is 12.0. The van der Waals surface area contributed by atoms with Crippen molar-refractivity contribution >= 4 is 11.7 Å². The minimum atomic E-state index is -0.555. The van der Waals surface area contributed by atoms with Crippen LogP contribution in [0.5, 0.6) is 0 Å². The Balaban J connectivity index is 2.66. The Morgan fingerprint density at radius 1 is 1.44 bits per heavy atom. The lowest BCUT2D eigenvalue weighted by Gasteiger charge is -2.04. The highest BCUT2D eigenvalue weighted by Gasteiger charge is 2.13. The standard InChI is InChI=1S/C10H11NO5/c1-15-7-10(12)16-6-8-4-2-3-5-9(8)11(13)14/h2-5H,6-7H2,1H3. The smallest absolute Gasteiger partial charge is 0.332 e. The van der Waals surface area contributed by atoms with Crippen LogP contribution in [0.4, 0.5) is 5.69 Å². The molecule has 6 heteroatoms. The summed E-state index contributed by atoms with van der Waals surface area (Å²) in [5.74, 6) is -0.555. The summed E-state index contributed by atoms with van der Waals surface area (Å²) in [5.41, 5.74) is 0.296. The maximum atomic E-state index is 11.0. The predicted octanol–water partition coefficient (Wildman–Crippen LogP) is 1.28. The molecule has 0 atom stereocenters. The molecule has 0 spiro atoms. The van der Waals surface area contributed by atoms with Gasteiger partial charge >= 0.3 is 5.97 Å². The molecule has 0 fully saturated rings. The van der Waals surface area contributed by atoms with Crippen molar-refractivity contribution in [2.24, 2.45) is 0 Å². The highest BCUT2D eigenvalue weighted by atomic mass is 16.6. The van der Waals surface area contributed by atoms with E-state index in [1.54, 1.807) is 12.1 Å². The lowest BCUT2D eigenvalue weighted by molar-refractivity contribution is -0.385. The number of nitro benzene ring substituents is 1. The lowest BCUT2D eigenvalue weighted by atomic mass is 10.2. The third-order valence-corrected chi connectivity index (χ3v) is 1.84. The van der Waals surface area contributed by atoms with E-state index in [2.05, 4.69) is 4.74 Å². The Kier molecular flexibility index (Phi) is 4.41. The van der Waals surface area contributed by atoms with Crippen LogP contribution >= 0.6 is 0 Å². The number of nitro groups is 1. The Labute approximate surface area is 91.9 Å². The summed E-state index contributed by atoms with van der Waals surface area (Å²) < 4.78 is 9.35. The molecule has 1 aromatic rings. The molecule has 0 bridgehead atoms. The summed E-state index contributed by atoms with van der Waals surface area (Å²) >= 11 is 0. The van der Waals surface area contributed by atoms with Gasteiger partial charge in [-0.05, 0) is 6.07 Å². The van der Waals surface area contributed by atoms with Crippen molar-refractivity contribution in [2.45, 2.75) is 6.61 Å². The maximum absolute atomic E-state index is 11.0. The molecular weight excluding hydrogens is 214 g/mol. The van der Waals surface area contributed by atoms with E-state index in [1.807, 2.05) is 0 Å². The first-order valence-corrected chi connectivity index (χ1v) is 4.52. The number of carbonyl (C=O) groups excluding carboxylic acids is 1. The maximum Gasteiger partial charge on any atom is 0.332 e. The van der Waals surface area contributed by atoms with Crippen LogP contribution in [0.25, 0.3) is 0 Å². The van der Waals surface area contributed by atoms with E-state index >= 15 is 0 Å². The van der Waals surface area contributed by atoms with Gasteiger partial charge in [-0.3, -0.25) is 10.1 Å². The summed E-state index contributed by atoms with van der Waals surface area (Å²) in [6.07, 6.45) is 0. The fraction of sp³-hybridized carbons (Fsp3) is 0.300. The van der Waals surface area contributed by atoms with Gasteiger partial charge in [-0.15, -0.1) is 0 Å². The molecule has 0 radical (unpaired) electrons. The molecule has 1 aromatic carbocycles. The third-order valence-electron chi connectivity index (χ3n) is 1.84. The van der Waals surface area contributed by atoms with Crippen LogP contribution < -0.4 is 0 Å². The summed E-state index contributed by atoms with van der Waals surface area (Å²) in [7, 11) is 1.37. The van der Waals surface area contributed by atoms with Gasteiger partial charge in [0, 0.05) is 13.2 Å². The topological polar surface area (TPSA) is 78.7 Å². The van der Waals surface area contributed by atoms with E-state index in [0.717, 1.165) is 0 Å². The average Bonchev–Trinajstić information content (AvgIpc) is 2.27. The molecule has 0 saturated carbocycles. The largest absolute Gasteiger partial charge is 0.459 e. The number of nitrogens with zero attached hydrogens (tertiary/aromatic N) is 1. The van der Waals surface area contributed by atoms with Gasteiger partial charge in [0.25, 0.3) is 5.69 Å². The molecule has 0 saturated heterocycles. The van der Waals surface area contributed by atoms with E-state index < -0.39 is 10.9 Å². The van der Waals surface area contributed by atoms with Crippen LogP contribution in [-0.4, -0.2) is 24.6 Å². The van der Waals surface area contributed by atoms with Gasteiger partial charge in [0.2, 0.25) is 0 Å². The van der Waals surface area contributed by atoms with E-state index in [1.165, 1.54) is 19.2 Å². The number of para-hydroxylation sites is 1. The average molecular weight is 225 g/mol. The molecular formula is C10H11NO5.